The van der Waals surface area contributed by atoms with Crippen LogP contribution in [0.25, 0.3) is 0 Å². The molecule has 4 rings (SSSR count). The summed E-state index contributed by atoms with van der Waals surface area (Å²) < 4.78 is 6.83. The van der Waals surface area contributed by atoms with Crippen LogP contribution in [0.4, 0.5) is 0 Å². The Morgan fingerprint density at radius 1 is 1.15 bits per heavy atom. The SMILES string of the molecule is O=C(NC1CCN2CCCCC12)c1cccnc1Oc1ccc(Br)cc1. The minimum Gasteiger partial charge on any atom is -0.438 e. The van der Waals surface area contributed by atoms with Crippen molar-refractivity contribution in [2.45, 2.75) is 37.8 Å². The van der Waals surface area contributed by atoms with Crippen LogP contribution >= 0.6 is 15.9 Å². The number of hydrogen-bond acceptors (Lipinski definition) is 4. The number of rotatable bonds is 4. The van der Waals surface area contributed by atoms with Crippen LogP contribution in [0.15, 0.2) is 47.1 Å². The molecule has 2 aliphatic rings. The lowest BCUT2D eigenvalue weighted by molar-refractivity contribution is 0.0912. The lowest BCUT2D eigenvalue weighted by Gasteiger charge is -2.32. The van der Waals surface area contributed by atoms with Crippen molar-refractivity contribution in [2.75, 3.05) is 13.1 Å². The summed E-state index contributed by atoms with van der Waals surface area (Å²) in [4.78, 5) is 19.7. The number of carbonyl (C=O) groups excluding carboxylic acids is 1. The normalized spacial score (nSPS) is 22.7. The summed E-state index contributed by atoms with van der Waals surface area (Å²) in [5, 5.41) is 3.22. The maximum absolute atomic E-state index is 12.9. The largest absolute Gasteiger partial charge is 0.438 e. The standard InChI is InChI=1S/C20H22BrN3O2/c21-14-6-8-15(9-7-14)26-20-16(4-3-11-22-20)19(25)23-17-10-13-24-12-2-1-5-18(17)24/h3-4,6-9,11,17-18H,1-2,5,10,12-13H2,(H,23,25). The molecule has 1 aromatic carbocycles. The first-order chi connectivity index (χ1) is 12.7. The third kappa shape index (κ3) is 3.76. The predicted molar refractivity (Wildman–Crippen MR) is 104 cm³/mol. The van der Waals surface area contributed by atoms with Gasteiger partial charge in [0.15, 0.2) is 0 Å². The smallest absolute Gasteiger partial charge is 0.257 e. The number of amides is 1. The van der Waals surface area contributed by atoms with E-state index in [1.54, 1.807) is 18.3 Å². The number of piperidine rings is 1. The average molecular weight is 416 g/mol. The minimum absolute atomic E-state index is 0.109. The molecule has 0 spiro atoms. The zero-order valence-electron chi connectivity index (χ0n) is 14.5. The van der Waals surface area contributed by atoms with E-state index in [2.05, 4.69) is 31.1 Å². The molecule has 2 aromatic rings. The second kappa shape index (κ2) is 7.76. The van der Waals surface area contributed by atoms with Crippen LogP contribution in [0.5, 0.6) is 11.6 Å². The highest BCUT2D eigenvalue weighted by Gasteiger charge is 2.36. The maximum atomic E-state index is 12.9. The van der Waals surface area contributed by atoms with Gasteiger partial charge < -0.3 is 10.1 Å². The fourth-order valence-electron chi connectivity index (χ4n) is 3.92. The molecule has 2 aliphatic heterocycles. The Kier molecular flexibility index (Phi) is 5.22. The van der Waals surface area contributed by atoms with Gasteiger partial charge in [-0.2, -0.15) is 0 Å². The van der Waals surface area contributed by atoms with Gasteiger partial charge in [-0.05, 0) is 62.2 Å². The molecule has 2 saturated heterocycles. The molecule has 26 heavy (non-hydrogen) atoms. The molecule has 5 nitrogen and oxygen atoms in total. The quantitative estimate of drug-likeness (QED) is 0.819. The van der Waals surface area contributed by atoms with Gasteiger partial charge in [-0.3, -0.25) is 9.69 Å². The van der Waals surface area contributed by atoms with Crippen molar-refractivity contribution in [3.8, 4) is 11.6 Å². The monoisotopic (exact) mass is 415 g/mol. The Hall–Kier alpha value is -1.92. The Morgan fingerprint density at radius 3 is 2.85 bits per heavy atom. The Morgan fingerprint density at radius 2 is 2.00 bits per heavy atom. The van der Waals surface area contributed by atoms with Crippen LogP contribution < -0.4 is 10.1 Å². The summed E-state index contributed by atoms with van der Waals surface area (Å²) in [7, 11) is 0. The van der Waals surface area contributed by atoms with Crippen molar-refractivity contribution in [2.24, 2.45) is 0 Å². The van der Waals surface area contributed by atoms with E-state index < -0.39 is 0 Å². The van der Waals surface area contributed by atoms with Gasteiger partial charge in [-0.15, -0.1) is 0 Å². The summed E-state index contributed by atoms with van der Waals surface area (Å²) in [5.74, 6) is 0.883. The summed E-state index contributed by atoms with van der Waals surface area (Å²) >= 11 is 3.41. The van der Waals surface area contributed by atoms with E-state index >= 15 is 0 Å². The van der Waals surface area contributed by atoms with E-state index in [4.69, 9.17) is 4.74 Å². The molecule has 0 saturated carbocycles. The number of carbonyl (C=O) groups is 1. The third-order valence-electron chi connectivity index (χ3n) is 5.22. The van der Waals surface area contributed by atoms with Crippen LogP contribution in [0.2, 0.25) is 0 Å². The number of aromatic nitrogens is 1. The topological polar surface area (TPSA) is 54.5 Å². The fraction of sp³-hybridized carbons (Fsp3) is 0.400. The molecule has 1 N–H and O–H groups in total. The van der Waals surface area contributed by atoms with Gasteiger partial charge in [0.25, 0.3) is 5.91 Å². The van der Waals surface area contributed by atoms with Gasteiger partial charge in [0.1, 0.15) is 11.3 Å². The van der Waals surface area contributed by atoms with Crippen molar-refractivity contribution in [1.82, 2.24) is 15.2 Å². The third-order valence-corrected chi connectivity index (χ3v) is 5.75. The van der Waals surface area contributed by atoms with E-state index in [0.29, 0.717) is 23.2 Å². The highest BCUT2D eigenvalue weighted by Crippen LogP contribution is 2.28. The number of ether oxygens (including phenoxy) is 1. The van der Waals surface area contributed by atoms with Crippen LogP contribution in [-0.2, 0) is 0 Å². The summed E-state index contributed by atoms with van der Waals surface area (Å²) in [6, 6.07) is 11.7. The lowest BCUT2D eigenvalue weighted by atomic mass is 9.99. The van der Waals surface area contributed by atoms with Crippen molar-refractivity contribution >= 4 is 21.8 Å². The van der Waals surface area contributed by atoms with Crippen molar-refractivity contribution < 1.29 is 9.53 Å². The first-order valence-corrected chi connectivity index (χ1v) is 9.93. The zero-order chi connectivity index (χ0) is 17.9. The van der Waals surface area contributed by atoms with Crippen LogP contribution in [0.1, 0.15) is 36.0 Å². The Balaban J connectivity index is 1.48. The summed E-state index contributed by atoms with van der Waals surface area (Å²) in [6.45, 7) is 2.23. The first kappa shape index (κ1) is 17.5. The molecule has 2 fully saturated rings. The second-order valence-electron chi connectivity index (χ2n) is 6.88. The summed E-state index contributed by atoms with van der Waals surface area (Å²) in [6.07, 6.45) is 6.34. The van der Waals surface area contributed by atoms with Crippen molar-refractivity contribution in [3.63, 3.8) is 0 Å². The first-order valence-electron chi connectivity index (χ1n) is 9.14. The maximum Gasteiger partial charge on any atom is 0.257 e. The molecule has 2 unspecified atom stereocenters. The zero-order valence-corrected chi connectivity index (χ0v) is 16.1. The summed E-state index contributed by atoms with van der Waals surface area (Å²) in [5.41, 5.74) is 0.477. The molecule has 0 bridgehead atoms. The second-order valence-corrected chi connectivity index (χ2v) is 7.80. The number of pyridine rings is 1. The van der Waals surface area contributed by atoms with Crippen LogP contribution in [0, 0.1) is 0 Å². The van der Waals surface area contributed by atoms with Gasteiger partial charge >= 0.3 is 0 Å². The minimum atomic E-state index is -0.109. The number of halogens is 1. The number of hydrogen-bond donors (Lipinski definition) is 1. The number of benzene rings is 1. The highest BCUT2D eigenvalue weighted by atomic mass is 79.9. The van der Waals surface area contributed by atoms with Gasteiger partial charge in [0.2, 0.25) is 5.88 Å². The molecule has 136 valence electrons. The number of nitrogens with zero attached hydrogens (tertiary/aromatic N) is 2. The molecule has 6 heteroatoms. The van der Waals surface area contributed by atoms with Crippen LogP contribution in [-0.4, -0.2) is 41.0 Å². The van der Waals surface area contributed by atoms with Gasteiger partial charge in [-0.1, -0.05) is 22.4 Å². The van der Waals surface area contributed by atoms with E-state index in [-0.39, 0.29) is 11.9 Å². The molecule has 2 atom stereocenters. The molecule has 1 amide bonds. The number of fused-ring (bicyclic) bond motifs is 1. The van der Waals surface area contributed by atoms with Crippen LogP contribution in [0.3, 0.4) is 0 Å². The van der Waals surface area contributed by atoms with E-state index in [9.17, 15) is 4.79 Å². The lowest BCUT2D eigenvalue weighted by Crippen LogP contribution is -2.46. The molecule has 0 radical (unpaired) electrons. The Bertz CT molecular complexity index is 781. The van der Waals surface area contributed by atoms with Gasteiger partial charge in [-0.25, -0.2) is 4.98 Å². The van der Waals surface area contributed by atoms with E-state index in [1.807, 2.05) is 24.3 Å². The molecule has 3 heterocycles. The average Bonchev–Trinajstić information content (AvgIpc) is 3.07. The number of nitrogens with one attached hydrogen (secondary N) is 1. The highest BCUT2D eigenvalue weighted by molar-refractivity contribution is 9.10. The van der Waals surface area contributed by atoms with E-state index in [0.717, 1.165) is 24.0 Å². The van der Waals surface area contributed by atoms with Gasteiger partial charge in [0, 0.05) is 29.3 Å². The fourth-order valence-corrected chi connectivity index (χ4v) is 4.19. The van der Waals surface area contributed by atoms with E-state index in [1.165, 1.54) is 19.3 Å². The van der Waals surface area contributed by atoms with Gasteiger partial charge in [0.05, 0.1) is 0 Å². The molecule has 0 aliphatic carbocycles. The molecule has 1 aromatic heterocycles. The van der Waals surface area contributed by atoms with Crippen molar-refractivity contribution in [3.05, 3.63) is 52.6 Å². The predicted octanol–water partition coefficient (Wildman–Crippen LogP) is 3.99. The molecular formula is C20H22BrN3O2. The Labute approximate surface area is 161 Å². The molecular weight excluding hydrogens is 394 g/mol. The van der Waals surface area contributed by atoms with Crippen molar-refractivity contribution in [1.29, 1.82) is 0 Å².